The zero-order valence-electron chi connectivity index (χ0n) is 11.3. The van der Waals surface area contributed by atoms with Gasteiger partial charge in [-0.1, -0.05) is 19.4 Å². The molecule has 0 saturated carbocycles. The van der Waals surface area contributed by atoms with Crippen LogP contribution in [0, 0.1) is 11.7 Å². The van der Waals surface area contributed by atoms with Crippen molar-refractivity contribution in [1.29, 1.82) is 0 Å². The fraction of sp³-hybridized carbons (Fsp3) is 0.385. The third-order valence-corrected chi connectivity index (χ3v) is 4.00. The van der Waals surface area contributed by atoms with E-state index in [-0.39, 0.29) is 16.8 Å². The first-order valence-corrected chi connectivity index (χ1v) is 7.24. The quantitative estimate of drug-likeness (QED) is 0.860. The highest BCUT2D eigenvalue weighted by molar-refractivity contribution is 9.10. The molecule has 1 unspecified atom stereocenters. The SMILES string of the molecule is CCC(CC(=O)O)Cn1nnnc1-c1cccc(F)c1Br. The number of benzene rings is 1. The third-order valence-electron chi connectivity index (χ3n) is 3.20. The number of aliphatic carboxylic acids is 1. The molecule has 1 aromatic heterocycles. The van der Waals surface area contributed by atoms with E-state index in [9.17, 15) is 9.18 Å². The minimum Gasteiger partial charge on any atom is -0.481 e. The van der Waals surface area contributed by atoms with Gasteiger partial charge in [0.1, 0.15) is 5.82 Å². The Kier molecular flexibility index (Phi) is 5.00. The molecular weight excluding hydrogens is 343 g/mol. The Morgan fingerprint density at radius 3 is 2.95 bits per heavy atom. The van der Waals surface area contributed by atoms with Crippen molar-refractivity contribution in [3.8, 4) is 11.4 Å². The number of rotatable bonds is 6. The molecule has 0 aliphatic carbocycles. The highest BCUT2D eigenvalue weighted by Crippen LogP contribution is 2.29. The standard InChI is InChI=1S/C13H14BrFN4O2/c1-2-8(6-11(20)21)7-19-13(16-17-18-19)9-4-3-5-10(15)12(9)14/h3-5,8H,2,6-7H2,1H3,(H,20,21). The first-order chi connectivity index (χ1) is 10.0. The van der Waals surface area contributed by atoms with Gasteiger partial charge in [-0.3, -0.25) is 4.79 Å². The summed E-state index contributed by atoms with van der Waals surface area (Å²) in [5, 5.41) is 20.3. The highest BCUT2D eigenvalue weighted by Gasteiger charge is 2.18. The van der Waals surface area contributed by atoms with Gasteiger partial charge in [0.15, 0.2) is 5.82 Å². The molecule has 0 fully saturated rings. The Bertz CT molecular complexity index is 647. The molecule has 0 aliphatic heterocycles. The first-order valence-electron chi connectivity index (χ1n) is 6.45. The normalized spacial score (nSPS) is 12.3. The molecule has 0 aliphatic rings. The molecule has 1 heterocycles. The van der Waals surface area contributed by atoms with Crippen LogP contribution < -0.4 is 0 Å². The summed E-state index contributed by atoms with van der Waals surface area (Å²) in [6.45, 7) is 2.28. The Morgan fingerprint density at radius 1 is 1.52 bits per heavy atom. The van der Waals surface area contributed by atoms with Gasteiger partial charge in [0.2, 0.25) is 0 Å². The van der Waals surface area contributed by atoms with Crippen LogP contribution in [0.4, 0.5) is 4.39 Å². The van der Waals surface area contributed by atoms with Crippen LogP contribution in [-0.4, -0.2) is 31.3 Å². The van der Waals surface area contributed by atoms with E-state index in [0.717, 1.165) is 0 Å². The molecule has 1 aromatic carbocycles. The Morgan fingerprint density at radius 2 is 2.29 bits per heavy atom. The second-order valence-electron chi connectivity index (χ2n) is 4.66. The van der Waals surface area contributed by atoms with Gasteiger partial charge in [-0.05, 0) is 44.4 Å². The molecule has 2 rings (SSSR count). The summed E-state index contributed by atoms with van der Waals surface area (Å²) >= 11 is 3.18. The van der Waals surface area contributed by atoms with Crippen LogP contribution in [0.15, 0.2) is 22.7 Å². The molecule has 112 valence electrons. The third kappa shape index (κ3) is 3.63. The summed E-state index contributed by atoms with van der Waals surface area (Å²) in [5.74, 6) is -0.940. The summed E-state index contributed by atoms with van der Waals surface area (Å²) in [4.78, 5) is 10.8. The summed E-state index contributed by atoms with van der Waals surface area (Å²) in [7, 11) is 0. The molecule has 1 N–H and O–H groups in total. The number of tetrazole rings is 1. The predicted molar refractivity (Wildman–Crippen MR) is 76.9 cm³/mol. The van der Waals surface area contributed by atoms with E-state index in [1.54, 1.807) is 12.1 Å². The molecule has 0 saturated heterocycles. The van der Waals surface area contributed by atoms with Gasteiger partial charge in [0.25, 0.3) is 0 Å². The maximum atomic E-state index is 13.6. The van der Waals surface area contributed by atoms with Crippen molar-refractivity contribution in [2.24, 2.45) is 5.92 Å². The first kappa shape index (κ1) is 15.6. The predicted octanol–water partition coefficient (Wildman–Crippen LogP) is 2.74. The molecule has 21 heavy (non-hydrogen) atoms. The topological polar surface area (TPSA) is 80.9 Å². The lowest BCUT2D eigenvalue weighted by Crippen LogP contribution is -2.16. The van der Waals surface area contributed by atoms with Gasteiger partial charge in [-0.25, -0.2) is 9.07 Å². The van der Waals surface area contributed by atoms with Crippen LogP contribution in [0.25, 0.3) is 11.4 Å². The molecular formula is C13H14BrFN4O2. The van der Waals surface area contributed by atoms with E-state index < -0.39 is 11.8 Å². The minimum atomic E-state index is -0.858. The van der Waals surface area contributed by atoms with Gasteiger partial charge >= 0.3 is 5.97 Å². The molecule has 8 heteroatoms. The summed E-state index contributed by atoms with van der Waals surface area (Å²) < 4.78 is 15.4. The Labute approximate surface area is 129 Å². The fourth-order valence-corrected chi connectivity index (χ4v) is 2.47. The second-order valence-corrected chi connectivity index (χ2v) is 5.45. The van der Waals surface area contributed by atoms with Gasteiger partial charge in [-0.15, -0.1) is 5.10 Å². The molecule has 2 aromatic rings. The monoisotopic (exact) mass is 356 g/mol. The van der Waals surface area contributed by atoms with Crippen molar-refractivity contribution in [2.75, 3.05) is 0 Å². The van der Waals surface area contributed by atoms with E-state index in [0.29, 0.717) is 24.4 Å². The summed E-state index contributed by atoms with van der Waals surface area (Å²) in [5.41, 5.74) is 0.533. The van der Waals surface area contributed by atoms with Gasteiger partial charge in [0.05, 0.1) is 4.47 Å². The zero-order chi connectivity index (χ0) is 15.4. The number of nitrogens with zero attached hydrogens (tertiary/aromatic N) is 4. The van der Waals surface area contributed by atoms with Crippen LogP contribution in [0.3, 0.4) is 0 Å². The summed E-state index contributed by atoms with van der Waals surface area (Å²) in [6.07, 6.45) is 0.732. The summed E-state index contributed by atoms with van der Waals surface area (Å²) in [6, 6.07) is 4.61. The van der Waals surface area contributed by atoms with E-state index in [1.165, 1.54) is 10.7 Å². The van der Waals surface area contributed by atoms with Crippen LogP contribution in [0.5, 0.6) is 0 Å². The van der Waals surface area contributed by atoms with E-state index in [1.807, 2.05) is 6.92 Å². The average molecular weight is 357 g/mol. The fourth-order valence-electron chi connectivity index (χ4n) is 2.03. The highest BCUT2D eigenvalue weighted by atomic mass is 79.9. The molecule has 1 atom stereocenters. The number of hydrogen-bond acceptors (Lipinski definition) is 4. The number of hydrogen-bond donors (Lipinski definition) is 1. The smallest absolute Gasteiger partial charge is 0.303 e. The van der Waals surface area contributed by atoms with E-state index >= 15 is 0 Å². The Hall–Kier alpha value is -1.83. The number of carbonyl (C=O) groups is 1. The largest absolute Gasteiger partial charge is 0.481 e. The molecule has 0 radical (unpaired) electrons. The molecule has 6 nitrogen and oxygen atoms in total. The van der Waals surface area contributed by atoms with Gasteiger partial charge < -0.3 is 5.11 Å². The molecule has 0 bridgehead atoms. The maximum Gasteiger partial charge on any atom is 0.303 e. The van der Waals surface area contributed by atoms with Crippen molar-refractivity contribution in [1.82, 2.24) is 20.2 Å². The number of carboxylic acid groups (broad SMARTS) is 1. The lowest BCUT2D eigenvalue weighted by molar-refractivity contribution is -0.138. The van der Waals surface area contributed by atoms with E-state index in [4.69, 9.17) is 5.11 Å². The minimum absolute atomic E-state index is 0.0418. The lowest BCUT2D eigenvalue weighted by Gasteiger charge is -2.13. The van der Waals surface area contributed by atoms with Crippen molar-refractivity contribution in [3.63, 3.8) is 0 Å². The maximum absolute atomic E-state index is 13.6. The number of halogens is 2. The number of carboxylic acids is 1. The van der Waals surface area contributed by atoms with Crippen LogP contribution in [0.1, 0.15) is 19.8 Å². The average Bonchev–Trinajstić information content (AvgIpc) is 2.88. The van der Waals surface area contributed by atoms with Crippen LogP contribution in [-0.2, 0) is 11.3 Å². The second kappa shape index (κ2) is 6.75. The lowest BCUT2D eigenvalue weighted by atomic mass is 10.0. The molecule has 0 amide bonds. The van der Waals surface area contributed by atoms with E-state index in [2.05, 4.69) is 31.5 Å². The van der Waals surface area contributed by atoms with Crippen LogP contribution in [0.2, 0.25) is 0 Å². The zero-order valence-corrected chi connectivity index (χ0v) is 12.9. The Balaban J connectivity index is 2.30. The van der Waals surface area contributed by atoms with Crippen molar-refractivity contribution in [3.05, 3.63) is 28.5 Å². The van der Waals surface area contributed by atoms with Gasteiger partial charge in [-0.2, -0.15) is 0 Å². The van der Waals surface area contributed by atoms with Crippen LogP contribution >= 0.6 is 15.9 Å². The van der Waals surface area contributed by atoms with Gasteiger partial charge in [0, 0.05) is 18.5 Å². The van der Waals surface area contributed by atoms with Crippen molar-refractivity contribution in [2.45, 2.75) is 26.3 Å². The molecule has 0 spiro atoms. The number of aromatic nitrogens is 4. The van der Waals surface area contributed by atoms with Crippen molar-refractivity contribution < 1.29 is 14.3 Å². The van der Waals surface area contributed by atoms with Crippen molar-refractivity contribution >= 4 is 21.9 Å².